The Labute approximate surface area is 170 Å². The van der Waals surface area contributed by atoms with Gasteiger partial charge in [0.25, 0.3) is 0 Å². The number of aryl methyl sites for hydroxylation is 1. The molecule has 0 aliphatic carbocycles. The van der Waals surface area contributed by atoms with Crippen LogP contribution < -0.4 is 10.6 Å². The Hall–Kier alpha value is -1.44. The van der Waals surface area contributed by atoms with E-state index in [9.17, 15) is 13.2 Å². The minimum Gasteiger partial charge on any atom is -0.356 e. The molecule has 2 rings (SSSR count). The predicted octanol–water partition coefficient (Wildman–Crippen LogP) is 2.56. The summed E-state index contributed by atoms with van der Waals surface area (Å²) < 4.78 is 39.4. The van der Waals surface area contributed by atoms with E-state index in [-0.39, 0.29) is 24.0 Å². The summed E-state index contributed by atoms with van der Waals surface area (Å²) in [5.74, 6) is 0.622. The molecular weight excluding hydrogens is 482 g/mol. The SMILES string of the molecule is CN=C(NCCCCn1cnnc1)NCCc1nc(C(F)(F)F)cs1.I. The summed E-state index contributed by atoms with van der Waals surface area (Å²) in [5, 5.41) is 15.2. The van der Waals surface area contributed by atoms with Crippen molar-refractivity contribution < 1.29 is 13.2 Å². The highest BCUT2D eigenvalue weighted by atomic mass is 127. The van der Waals surface area contributed by atoms with Gasteiger partial charge in [-0.1, -0.05) is 0 Å². The first-order valence-electron chi connectivity index (χ1n) is 7.77. The number of hydrogen-bond donors (Lipinski definition) is 2. The van der Waals surface area contributed by atoms with Crippen LogP contribution in [0.5, 0.6) is 0 Å². The zero-order chi connectivity index (χ0) is 18.1. The Morgan fingerprint density at radius 3 is 2.50 bits per heavy atom. The molecule has 0 saturated carbocycles. The van der Waals surface area contributed by atoms with Gasteiger partial charge in [-0.2, -0.15) is 13.2 Å². The first kappa shape index (κ1) is 22.6. The number of aromatic nitrogens is 4. The van der Waals surface area contributed by atoms with Crippen LogP contribution in [0.4, 0.5) is 13.2 Å². The molecule has 2 N–H and O–H groups in total. The molecule has 0 atom stereocenters. The Kier molecular flexibility index (Phi) is 9.83. The summed E-state index contributed by atoms with van der Waals surface area (Å²) >= 11 is 1.01. The molecule has 2 heterocycles. The maximum atomic E-state index is 12.5. The molecule has 0 aliphatic rings. The number of aliphatic imine (C=N–C) groups is 1. The fourth-order valence-electron chi connectivity index (χ4n) is 2.03. The van der Waals surface area contributed by atoms with Crippen molar-refractivity contribution in [3.8, 4) is 0 Å². The van der Waals surface area contributed by atoms with Crippen molar-refractivity contribution in [2.45, 2.75) is 32.0 Å². The molecule has 0 aromatic carbocycles. The van der Waals surface area contributed by atoms with Gasteiger partial charge in [-0.25, -0.2) is 4.98 Å². The second-order valence-corrected chi connectivity index (χ2v) is 6.15. The number of alkyl halides is 3. The van der Waals surface area contributed by atoms with Gasteiger partial charge < -0.3 is 15.2 Å². The lowest BCUT2D eigenvalue weighted by Crippen LogP contribution is -2.38. The van der Waals surface area contributed by atoms with Gasteiger partial charge in [0.2, 0.25) is 0 Å². The van der Waals surface area contributed by atoms with Crippen LogP contribution in [0.1, 0.15) is 23.5 Å². The number of nitrogens with zero attached hydrogens (tertiary/aromatic N) is 5. The highest BCUT2D eigenvalue weighted by Crippen LogP contribution is 2.29. The third-order valence-electron chi connectivity index (χ3n) is 3.30. The van der Waals surface area contributed by atoms with Gasteiger partial charge in [-0.3, -0.25) is 4.99 Å². The zero-order valence-electron chi connectivity index (χ0n) is 14.2. The molecule has 0 bridgehead atoms. The van der Waals surface area contributed by atoms with Gasteiger partial charge in [0.1, 0.15) is 12.7 Å². The topological polar surface area (TPSA) is 80.0 Å². The molecule has 146 valence electrons. The first-order chi connectivity index (χ1) is 12.0. The minimum absolute atomic E-state index is 0. The molecule has 0 fully saturated rings. The van der Waals surface area contributed by atoms with Crippen molar-refractivity contribution in [1.29, 1.82) is 0 Å². The Bertz CT molecular complexity index is 658. The van der Waals surface area contributed by atoms with E-state index in [1.165, 1.54) is 0 Å². The van der Waals surface area contributed by atoms with E-state index in [1.807, 2.05) is 4.57 Å². The molecule has 26 heavy (non-hydrogen) atoms. The van der Waals surface area contributed by atoms with E-state index in [2.05, 4.69) is 30.8 Å². The van der Waals surface area contributed by atoms with E-state index in [4.69, 9.17) is 0 Å². The highest BCUT2D eigenvalue weighted by molar-refractivity contribution is 14.0. The number of guanidine groups is 1. The van der Waals surface area contributed by atoms with E-state index >= 15 is 0 Å². The average molecular weight is 503 g/mol. The maximum Gasteiger partial charge on any atom is 0.434 e. The molecule has 0 unspecified atom stereocenters. The Balaban J connectivity index is 0.00000338. The molecule has 0 spiro atoms. The van der Waals surface area contributed by atoms with Crippen LogP contribution in [-0.2, 0) is 19.1 Å². The zero-order valence-corrected chi connectivity index (χ0v) is 17.3. The van der Waals surface area contributed by atoms with E-state index in [0.717, 1.165) is 42.6 Å². The van der Waals surface area contributed by atoms with Crippen LogP contribution in [-0.4, -0.2) is 45.8 Å². The van der Waals surface area contributed by atoms with Crippen molar-refractivity contribution in [1.82, 2.24) is 30.4 Å². The standard InChI is InChI=1S/C14H20F3N7S.HI/c1-18-13(19-5-2-3-7-24-9-21-22-10-24)20-6-4-12-23-11(8-25-12)14(15,16)17;/h8-10H,2-7H2,1H3,(H2,18,19,20);1H. The van der Waals surface area contributed by atoms with E-state index in [0.29, 0.717) is 23.9 Å². The summed E-state index contributed by atoms with van der Waals surface area (Å²) in [4.78, 5) is 7.68. The molecule has 0 radical (unpaired) electrons. The Morgan fingerprint density at radius 1 is 1.19 bits per heavy atom. The third kappa shape index (κ3) is 7.85. The summed E-state index contributed by atoms with van der Waals surface area (Å²) in [5.41, 5.74) is -0.830. The monoisotopic (exact) mass is 503 g/mol. The number of unbranched alkanes of at least 4 members (excludes halogenated alkanes) is 1. The normalized spacial score (nSPS) is 11.9. The molecule has 0 amide bonds. The summed E-state index contributed by atoms with van der Waals surface area (Å²) in [6.07, 6.45) is 1.30. The second kappa shape index (κ2) is 11.3. The van der Waals surface area contributed by atoms with Crippen molar-refractivity contribution in [2.75, 3.05) is 20.1 Å². The van der Waals surface area contributed by atoms with Gasteiger partial charge in [-0.05, 0) is 12.8 Å². The minimum atomic E-state index is -4.38. The van der Waals surface area contributed by atoms with Crippen molar-refractivity contribution >= 4 is 41.3 Å². The van der Waals surface area contributed by atoms with Crippen molar-refractivity contribution in [3.63, 3.8) is 0 Å². The van der Waals surface area contributed by atoms with Gasteiger partial charge in [0.05, 0.1) is 5.01 Å². The molecular formula is C14H21F3IN7S. The third-order valence-corrected chi connectivity index (χ3v) is 4.21. The van der Waals surface area contributed by atoms with Gasteiger partial charge in [0.15, 0.2) is 11.7 Å². The van der Waals surface area contributed by atoms with Crippen molar-refractivity contribution in [2.24, 2.45) is 4.99 Å². The Morgan fingerprint density at radius 2 is 1.88 bits per heavy atom. The predicted molar refractivity (Wildman–Crippen MR) is 105 cm³/mol. The van der Waals surface area contributed by atoms with Crippen molar-refractivity contribution in [3.05, 3.63) is 28.7 Å². The number of nitrogens with one attached hydrogen (secondary N) is 2. The van der Waals surface area contributed by atoms with Crippen LogP contribution in [0.25, 0.3) is 0 Å². The number of thiazole rings is 1. The number of hydrogen-bond acceptors (Lipinski definition) is 5. The fourth-order valence-corrected chi connectivity index (χ4v) is 2.83. The lowest BCUT2D eigenvalue weighted by Gasteiger charge is -2.11. The van der Waals surface area contributed by atoms with Crippen LogP contribution in [0.15, 0.2) is 23.0 Å². The molecule has 0 aliphatic heterocycles. The molecule has 2 aromatic rings. The molecule has 12 heteroatoms. The molecule has 0 saturated heterocycles. The average Bonchev–Trinajstić information content (AvgIpc) is 3.24. The van der Waals surface area contributed by atoms with Crippen LogP contribution in [0.3, 0.4) is 0 Å². The van der Waals surface area contributed by atoms with E-state index in [1.54, 1.807) is 19.7 Å². The summed E-state index contributed by atoms with van der Waals surface area (Å²) in [6, 6.07) is 0. The van der Waals surface area contributed by atoms with Gasteiger partial charge in [0, 0.05) is 38.5 Å². The summed E-state index contributed by atoms with van der Waals surface area (Å²) in [7, 11) is 1.65. The van der Waals surface area contributed by atoms with Crippen LogP contribution in [0, 0.1) is 0 Å². The lowest BCUT2D eigenvalue weighted by atomic mass is 10.3. The highest BCUT2D eigenvalue weighted by Gasteiger charge is 2.33. The van der Waals surface area contributed by atoms with Crippen LogP contribution >= 0.6 is 35.3 Å². The van der Waals surface area contributed by atoms with E-state index < -0.39 is 11.9 Å². The lowest BCUT2D eigenvalue weighted by molar-refractivity contribution is -0.140. The smallest absolute Gasteiger partial charge is 0.356 e. The number of rotatable bonds is 8. The maximum absolute atomic E-state index is 12.5. The molecule has 2 aromatic heterocycles. The summed E-state index contributed by atoms with van der Waals surface area (Å²) in [6.45, 7) is 2.06. The van der Waals surface area contributed by atoms with Gasteiger partial charge in [-0.15, -0.1) is 45.5 Å². The molecule has 7 nitrogen and oxygen atoms in total. The fraction of sp³-hybridized carbons (Fsp3) is 0.571. The second-order valence-electron chi connectivity index (χ2n) is 5.21. The van der Waals surface area contributed by atoms with Gasteiger partial charge >= 0.3 is 6.18 Å². The first-order valence-corrected chi connectivity index (χ1v) is 8.65. The van der Waals surface area contributed by atoms with Crippen LogP contribution in [0.2, 0.25) is 0 Å². The largest absolute Gasteiger partial charge is 0.434 e. The quantitative estimate of drug-likeness (QED) is 0.251. The number of halogens is 4.